The first kappa shape index (κ1) is 32.7. The third-order valence-electron chi connectivity index (χ3n) is 6.09. The Morgan fingerprint density at radius 2 is 1.82 bits per heavy atom. The number of halogens is 5. The van der Waals surface area contributed by atoms with Crippen LogP contribution < -0.4 is 16.0 Å². The highest BCUT2D eigenvalue weighted by atomic mass is 35.5. The van der Waals surface area contributed by atoms with Gasteiger partial charge in [0.1, 0.15) is 16.8 Å². The van der Waals surface area contributed by atoms with E-state index in [1.54, 1.807) is 6.07 Å². The number of rotatable bonds is 8. The standard InChI is InChI=1S/C26H20ClF4N5O6S2/c1-3-9-35-23(39)19(12-21(37)33-44(41,42)14-7-5-4-6-8-14)43-24(35)32-17-11-18(16(28)10-15(17)27)36-22(38)13-20(26(29,30)31)34(2)25(36)40/h3-8,10-11,13,19H,1,9,12H2,2H3,(H,33,37). The second-order valence-electron chi connectivity index (χ2n) is 9.08. The lowest BCUT2D eigenvalue weighted by molar-refractivity contribution is -0.144. The van der Waals surface area contributed by atoms with Gasteiger partial charge in [-0.3, -0.25) is 23.9 Å². The van der Waals surface area contributed by atoms with Crippen LogP contribution in [0.2, 0.25) is 5.02 Å². The van der Waals surface area contributed by atoms with Gasteiger partial charge in [-0.15, -0.1) is 6.58 Å². The van der Waals surface area contributed by atoms with Gasteiger partial charge in [-0.25, -0.2) is 31.9 Å². The lowest BCUT2D eigenvalue weighted by Crippen LogP contribution is -2.41. The average Bonchev–Trinajstić information content (AvgIpc) is 3.21. The average molecular weight is 674 g/mol. The zero-order valence-electron chi connectivity index (χ0n) is 22.3. The summed E-state index contributed by atoms with van der Waals surface area (Å²) in [4.78, 5) is 56.1. The minimum absolute atomic E-state index is 0.0780. The molecule has 3 aromatic rings. The maximum Gasteiger partial charge on any atom is 0.431 e. The number of thioether (sulfide) groups is 1. The molecule has 18 heteroatoms. The van der Waals surface area contributed by atoms with Crippen molar-refractivity contribution < 1.29 is 35.6 Å². The van der Waals surface area contributed by atoms with Crippen LogP contribution in [0.1, 0.15) is 12.1 Å². The molecular weight excluding hydrogens is 654 g/mol. The van der Waals surface area contributed by atoms with Crippen LogP contribution in [0.3, 0.4) is 0 Å². The van der Waals surface area contributed by atoms with Gasteiger partial charge in [0.2, 0.25) is 11.8 Å². The minimum atomic E-state index is -5.04. The van der Waals surface area contributed by atoms with Crippen molar-refractivity contribution in [3.8, 4) is 5.69 Å². The first-order chi connectivity index (χ1) is 20.5. The van der Waals surface area contributed by atoms with Crippen molar-refractivity contribution in [1.29, 1.82) is 0 Å². The molecule has 1 aromatic heterocycles. The Morgan fingerprint density at radius 1 is 1.16 bits per heavy atom. The largest absolute Gasteiger partial charge is 0.431 e. The third kappa shape index (κ3) is 6.63. The molecule has 1 fully saturated rings. The molecule has 0 saturated carbocycles. The maximum atomic E-state index is 14.9. The van der Waals surface area contributed by atoms with E-state index >= 15 is 0 Å². The summed E-state index contributed by atoms with van der Waals surface area (Å²) in [6.45, 7) is 3.44. The van der Waals surface area contributed by atoms with Crippen LogP contribution in [0, 0.1) is 5.82 Å². The van der Waals surface area contributed by atoms with E-state index in [1.165, 1.54) is 30.3 Å². The van der Waals surface area contributed by atoms with Crippen LogP contribution in [0.4, 0.5) is 23.2 Å². The van der Waals surface area contributed by atoms with E-state index in [9.17, 15) is 45.2 Å². The Hall–Kier alpha value is -4.22. The quantitative estimate of drug-likeness (QED) is 0.286. The van der Waals surface area contributed by atoms with Crippen LogP contribution in [0.5, 0.6) is 0 Å². The zero-order chi connectivity index (χ0) is 32.6. The van der Waals surface area contributed by atoms with Gasteiger partial charge in [0.05, 0.1) is 21.3 Å². The molecule has 0 bridgehead atoms. The molecule has 1 N–H and O–H groups in total. The van der Waals surface area contributed by atoms with E-state index in [1.807, 2.05) is 4.72 Å². The van der Waals surface area contributed by atoms with Gasteiger partial charge >= 0.3 is 11.9 Å². The van der Waals surface area contributed by atoms with Crippen LogP contribution >= 0.6 is 23.4 Å². The summed E-state index contributed by atoms with van der Waals surface area (Å²) in [5, 5.41) is -1.58. The molecule has 232 valence electrons. The number of aliphatic imine (C=N–C) groups is 1. The molecule has 1 aliphatic rings. The Balaban J connectivity index is 1.69. The van der Waals surface area contributed by atoms with Crippen molar-refractivity contribution >= 4 is 56.1 Å². The van der Waals surface area contributed by atoms with Gasteiger partial charge in [-0.1, -0.05) is 47.6 Å². The van der Waals surface area contributed by atoms with Crippen molar-refractivity contribution in [2.75, 3.05) is 6.54 Å². The minimum Gasteiger partial charge on any atom is -0.292 e. The molecule has 2 amide bonds. The third-order valence-corrected chi connectivity index (χ3v) is 8.96. The summed E-state index contributed by atoms with van der Waals surface area (Å²) in [5.41, 5.74) is -5.57. The Morgan fingerprint density at radius 3 is 2.43 bits per heavy atom. The molecule has 0 radical (unpaired) electrons. The van der Waals surface area contributed by atoms with E-state index in [-0.39, 0.29) is 42.5 Å². The maximum absolute atomic E-state index is 14.9. The lowest BCUT2D eigenvalue weighted by Gasteiger charge is -2.16. The molecular formula is C26H20ClF4N5O6S2. The van der Waals surface area contributed by atoms with E-state index in [4.69, 9.17) is 11.6 Å². The number of alkyl halides is 3. The van der Waals surface area contributed by atoms with Gasteiger partial charge < -0.3 is 0 Å². The number of amides is 2. The van der Waals surface area contributed by atoms with Crippen molar-refractivity contribution in [2.45, 2.75) is 22.7 Å². The number of carbonyl (C=O) groups excluding carboxylic acids is 2. The highest BCUT2D eigenvalue weighted by Crippen LogP contribution is 2.35. The monoisotopic (exact) mass is 673 g/mol. The predicted molar refractivity (Wildman–Crippen MR) is 154 cm³/mol. The van der Waals surface area contributed by atoms with Crippen LogP contribution in [0.15, 0.2) is 80.7 Å². The van der Waals surface area contributed by atoms with Crippen LogP contribution in [-0.2, 0) is 32.8 Å². The highest BCUT2D eigenvalue weighted by Gasteiger charge is 2.39. The molecule has 2 aromatic carbocycles. The van der Waals surface area contributed by atoms with Crippen molar-refractivity contribution in [3.63, 3.8) is 0 Å². The molecule has 2 heterocycles. The number of benzene rings is 2. The molecule has 0 spiro atoms. The summed E-state index contributed by atoms with van der Waals surface area (Å²) in [6.07, 6.45) is -4.29. The normalized spacial score (nSPS) is 16.4. The fraction of sp³-hybridized carbons (Fsp3) is 0.192. The lowest BCUT2D eigenvalue weighted by atomic mass is 10.2. The van der Waals surface area contributed by atoms with Crippen molar-refractivity contribution in [1.82, 2.24) is 18.8 Å². The molecule has 1 unspecified atom stereocenters. The number of hydrogen-bond donors (Lipinski definition) is 1. The molecule has 11 nitrogen and oxygen atoms in total. The fourth-order valence-electron chi connectivity index (χ4n) is 4.05. The first-order valence-electron chi connectivity index (χ1n) is 12.2. The van der Waals surface area contributed by atoms with Crippen LogP contribution in [-0.4, -0.2) is 51.2 Å². The first-order valence-corrected chi connectivity index (χ1v) is 15.0. The predicted octanol–water partition coefficient (Wildman–Crippen LogP) is 3.36. The number of nitrogens with zero attached hydrogens (tertiary/aromatic N) is 4. The van der Waals surface area contributed by atoms with Gasteiger partial charge in [0.25, 0.3) is 15.6 Å². The smallest absolute Gasteiger partial charge is 0.292 e. The van der Waals surface area contributed by atoms with Crippen LogP contribution in [0.25, 0.3) is 5.69 Å². The summed E-state index contributed by atoms with van der Waals surface area (Å²) in [5.74, 6) is -2.86. The highest BCUT2D eigenvalue weighted by molar-refractivity contribution is 8.15. The second-order valence-corrected chi connectivity index (χ2v) is 12.3. The second kappa shape index (κ2) is 12.4. The topological polar surface area (TPSA) is 140 Å². The number of aromatic nitrogens is 2. The van der Waals surface area contributed by atoms with E-state index in [0.717, 1.165) is 29.8 Å². The molecule has 1 saturated heterocycles. The summed E-state index contributed by atoms with van der Waals surface area (Å²) >= 11 is 6.90. The van der Waals surface area contributed by atoms with Crippen molar-refractivity contribution in [3.05, 3.63) is 98.6 Å². The number of amidine groups is 1. The number of nitrogens with one attached hydrogen (secondary N) is 1. The molecule has 44 heavy (non-hydrogen) atoms. The van der Waals surface area contributed by atoms with Gasteiger partial charge in [0, 0.05) is 26.1 Å². The van der Waals surface area contributed by atoms with E-state index < -0.39 is 68.1 Å². The summed E-state index contributed by atoms with van der Waals surface area (Å²) in [7, 11) is -3.46. The van der Waals surface area contributed by atoms with Gasteiger partial charge in [-0.05, 0) is 24.3 Å². The van der Waals surface area contributed by atoms with E-state index in [0.29, 0.717) is 6.07 Å². The van der Waals surface area contributed by atoms with Gasteiger partial charge in [0.15, 0.2) is 5.17 Å². The Kier molecular flexibility index (Phi) is 9.22. The summed E-state index contributed by atoms with van der Waals surface area (Å²) < 4.78 is 81.9. The Labute approximate surface area is 255 Å². The Bertz CT molecular complexity index is 1930. The molecule has 0 aliphatic carbocycles. The molecule has 4 rings (SSSR count). The number of hydrogen-bond acceptors (Lipinski definition) is 8. The number of carbonyl (C=O) groups is 2. The number of sulfonamides is 1. The molecule has 1 atom stereocenters. The summed E-state index contributed by atoms with van der Waals surface area (Å²) in [6, 6.07) is 8.70. The fourth-order valence-corrected chi connectivity index (χ4v) is 6.42. The van der Waals surface area contributed by atoms with Gasteiger partial charge in [-0.2, -0.15) is 13.2 Å². The zero-order valence-corrected chi connectivity index (χ0v) is 24.7. The molecule has 1 aliphatic heterocycles. The van der Waals surface area contributed by atoms with E-state index in [2.05, 4.69) is 11.6 Å². The SMILES string of the molecule is C=CCN1C(=O)C(CC(=O)NS(=O)(=O)c2ccccc2)SC1=Nc1cc(-n2c(=O)cc(C(F)(F)F)n(C)c2=O)c(F)cc1Cl. The van der Waals surface area contributed by atoms with Crippen molar-refractivity contribution in [2.24, 2.45) is 12.0 Å².